The highest BCUT2D eigenvalue weighted by Crippen LogP contribution is 2.26. The van der Waals surface area contributed by atoms with Crippen LogP contribution in [0, 0.1) is 5.82 Å². The van der Waals surface area contributed by atoms with Crippen molar-refractivity contribution in [3.05, 3.63) is 83.2 Å². The second-order valence-corrected chi connectivity index (χ2v) is 8.28. The van der Waals surface area contributed by atoms with Crippen molar-refractivity contribution in [3.8, 4) is 16.4 Å². The van der Waals surface area contributed by atoms with Gasteiger partial charge in [-0.3, -0.25) is 4.79 Å². The molecule has 1 amide bonds. The number of anilines is 1. The number of benzene rings is 2. The summed E-state index contributed by atoms with van der Waals surface area (Å²) in [6, 6.07) is 17.6. The molecule has 4 aromatic rings. The smallest absolute Gasteiger partial charge is 0.295 e. The minimum atomic E-state index is -0.422. The normalized spacial score (nSPS) is 11.1. The molecule has 0 aliphatic rings. The zero-order valence-electron chi connectivity index (χ0n) is 17.2. The first-order chi connectivity index (χ1) is 15.0. The third-order valence-electron chi connectivity index (χ3n) is 4.66. The van der Waals surface area contributed by atoms with Crippen molar-refractivity contribution in [2.75, 3.05) is 26.0 Å². The van der Waals surface area contributed by atoms with Gasteiger partial charge < -0.3 is 10.2 Å². The van der Waals surface area contributed by atoms with Gasteiger partial charge in [0, 0.05) is 12.2 Å². The van der Waals surface area contributed by atoms with Crippen LogP contribution >= 0.6 is 11.3 Å². The fourth-order valence-electron chi connectivity index (χ4n) is 3.06. The number of carbonyl (C=O) groups is 1. The average Bonchev–Trinajstić information content (AvgIpc) is 3.43. The topological polar surface area (TPSA) is 63.1 Å². The first-order valence-electron chi connectivity index (χ1n) is 9.81. The molecule has 0 saturated heterocycles. The molecular formula is C23H22FN5OS. The molecule has 0 aliphatic heterocycles. The first-order valence-corrected chi connectivity index (χ1v) is 10.7. The molecule has 6 nitrogen and oxygen atoms in total. The molecule has 0 fully saturated rings. The van der Waals surface area contributed by atoms with Gasteiger partial charge in [-0.1, -0.05) is 24.3 Å². The Bertz CT molecular complexity index is 1170. The predicted octanol–water partition coefficient (Wildman–Crippen LogP) is 4.49. The maximum Gasteiger partial charge on any atom is 0.295 e. The minimum Gasteiger partial charge on any atom is -0.319 e. The highest BCUT2D eigenvalue weighted by atomic mass is 32.1. The summed E-state index contributed by atoms with van der Waals surface area (Å²) in [5.41, 5.74) is 2.36. The molecule has 31 heavy (non-hydrogen) atoms. The van der Waals surface area contributed by atoms with Crippen LogP contribution in [0.2, 0.25) is 0 Å². The molecule has 0 unspecified atom stereocenters. The molecule has 2 aromatic heterocycles. The van der Waals surface area contributed by atoms with Gasteiger partial charge in [-0.2, -0.15) is 0 Å². The Morgan fingerprint density at radius 3 is 2.61 bits per heavy atom. The van der Waals surface area contributed by atoms with Gasteiger partial charge in [0.2, 0.25) is 5.82 Å². The number of nitrogens with one attached hydrogen (secondary N) is 1. The number of hydrogen-bond donors (Lipinski definition) is 1. The number of aromatic nitrogens is 3. The van der Waals surface area contributed by atoms with Crippen LogP contribution in [-0.2, 0) is 6.42 Å². The van der Waals surface area contributed by atoms with Crippen molar-refractivity contribution in [1.29, 1.82) is 0 Å². The van der Waals surface area contributed by atoms with Gasteiger partial charge in [-0.05, 0) is 67.9 Å². The first kappa shape index (κ1) is 20.9. The Hall–Kier alpha value is -3.36. The van der Waals surface area contributed by atoms with Gasteiger partial charge in [0.1, 0.15) is 5.82 Å². The van der Waals surface area contributed by atoms with Gasteiger partial charge in [0.25, 0.3) is 5.91 Å². The lowest BCUT2D eigenvalue weighted by Crippen LogP contribution is -2.15. The summed E-state index contributed by atoms with van der Waals surface area (Å²) in [5.74, 6) is -0.298. The van der Waals surface area contributed by atoms with Crippen LogP contribution in [0.4, 0.5) is 10.1 Å². The van der Waals surface area contributed by atoms with Crippen molar-refractivity contribution in [3.63, 3.8) is 0 Å². The monoisotopic (exact) mass is 435 g/mol. The lowest BCUT2D eigenvalue weighted by molar-refractivity contribution is 0.101. The van der Waals surface area contributed by atoms with Gasteiger partial charge in [-0.15, -0.1) is 16.4 Å². The number of rotatable bonds is 7. The Morgan fingerprint density at radius 1 is 1.13 bits per heavy atom. The van der Waals surface area contributed by atoms with Crippen LogP contribution in [0.3, 0.4) is 0 Å². The van der Waals surface area contributed by atoms with E-state index in [9.17, 15) is 9.18 Å². The van der Waals surface area contributed by atoms with Crippen molar-refractivity contribution < 1.29 is 9.18 Å². The van der Waals surface area contributed by atoms with E-state index < -0.39 is 5.91 Å². The van der Waals surface area contributed by atoms with Crippen LogP contribution in [0.5, 0.6) is 0 Å². The van der Waals surface area contributed by atoms with Gasteiger partial charge in [0.05, 0.1) is 10.6 Å². The quantitative estimate of drug-likeness (QED) is 0.465. The van der Waals surface area contributed by atoms with Crippen LogP contribution in [0.15, 0.2) is 66.0 Å². The van der Waals surface area contributed by atoms with E-state index in [1.807, 2.05) is 55.9 Å². The fraction of sp³-hybridized carbons (Fsp3) is 0.174. The zero-order valence-corrected chi connectivity index (χ0v) is 18.1. The summed E-state index contributed by atoms with van der Waals surface area (Å²) >= 11 is 1.47. The Balaban J connectivity index is 1.58. The van der Waals surface area contributed by atoms with Gasteiger partial charge >= 0.3 is 0 Å². The molecule has 0 aliphatic carbocycles. The van der Waals surface area contributed by atoms with E-state index in [1.54, 1.807) is 12.1 Å². The largest absolute Gasteiger partial charge is 0.319 e. The van der Waals surface area contributed by atoms with E-state index >= 15 is 0 Å². The third kappa shape index (κ3) is 5.04. The molecule has 4 rings (SSSR count). The van der Waals surface area contributed by atoms with Crippen molar-refractivity contribution >= 4 is 22.9 Å². The summed E-state index contributed by atoms with van der Waals surface area (Å²) in [4.78, 5) is 20.2. The molecule has 2 aromatic carbocycles. The number of hydrogen-bond acceptors (Lipinski definition) is 5. The second-order valence-electron chi connectivity index (χ2n) is 7.33. The SMILES string of the molecule is CN(C)CCc1ccc(NC(=O)c2nc(-c3cccs3)n(-c3cccc(F)c3)n2)cc1. The molecule has 8 heteroatoms. The lowest BCUT2D eigenvalue weighted by Gasteiger charge is -2.09. The van der Waals surface area contributed by atoms with Crippen molar-refractivity contribution in [2.24, 2.45) is 0 Å². The molecule has 1 N–H and O–H groups in total. The molecule has 0 atom stereocenters. The molecule has 2 heterocycles. The number of nitrogens with zero attached hydrogens (tertiary/aromatic N) is 4. The summed E-state index contributed by atoms with van der Waals surface area (Å²) < 4.78 is 15.3. The molecule has 0 spiro atoms. The van der Waals surface area contributed by atoms with E-state index in [0.717, 1.165) is 17.8 Å². The summed E-state index contributed by atoms with van der Waals surface area (Å²) in [5, 5.41) is 9.12. The van der Waals surface area contributed by atoms with E-state index in [-0.39, 0.29) is 11.6 Å². The lowest BCUT2D eigenvalue weighted by atomic mass is 10.1. The number of halogens is 1. The van der Waals surface area contributed by atoms with E-state index in [2.05, 4.69) is 20.3 Å². The average molecular weight is 436 g/mol. The van der Waals surface area contributed by atoms with Crippen molar-refractivity contribution in [1.82, 2.24) is 19.7 Å². The predicted molar refractivity (Wildman–Crippen MR) is 121 cm³/mol. The highest BCUT2D eigenvalue weighted by Gasteiger charge is 2.20. The molecule has 158 valence electrons. The second kappa shape index (κ2) is 9.20. The fourth-order valence-corrected chi connectivity index (χ4v) is 3.75. The van der Waals surface area contributed by atoms with E-state index in [1.165, 1.54) is 33.7 Å². The van der Waals surface area contributed by atoms with E-state index in [0.29, 0.717) is 17.2 Å². The summed E-state index contributed by atoms with van der Waals surface area (Å²) in [7, 11) is 4.07. The zero-order chi connectivity index (χ0) is 21.8. The Morgan fingerprint density at radius 2 is 1.94 bits per heavy atom. The Kier molecular flexibility index (Phi) is 6.20. The molecule has 0 saturated carbocycles. The minimum absolute atomic E-state index is 0.0179. The van der Waals surface area contributed by atoms with Crippen LogP contribution in [-0.4, -0.2) is 46.2 Å². The van der Waals surface area contributed by atoms with Gasteiger partial charge in [-0.25, -0.2) is 14.1 Å². The number of thiophene rings is 1. The summed E-state index contributed by atoms with van der Waals surface area (Å²) in [6.45, 7) is 0.957. The molecular weight excluding hydrogens is 413 g/mol. The van der Waals surface area contributed by atoms with Crippen LogP contribution in [0.25, 0.3) is 16.4 Å². The van der Waals surface area contributed by atoms with Crippen LogP contribution < -0.4 is 5.32 Å². The third-order valence-corrected chi connectivity index (χ3v) is 5.53. The highest BCUT2D eigenvalue weighted by molar-refractivity contribution is 7.13. The standard InChI is InChI=1S/C23H22FN5OS/c1-28(2)13-12-16-8-10-18(11-9-16)25-23(30)21-26-22(20-7-4-14-31-20)29(27-21)19-6-3-5-17(24)15-19/h3-11,14-15H,12-13H2,1-2H3,(H,25,30). The van der Waals surface area contributed by atoms with E-state index in [4.69, 9.17) is 0 Å². The maximum absolute atomic E-state index is 13.8. The number of amides is 1. The maximum atomic E-state index is 13.8. The Labute approximate surface area is 184 Å². The molecule has 0 radical (unpaired) electrons. The van der Waals surface area contributed by atoms with Crippen molar-refractivity contribution in [2.45, 2.75) is 6.42 Å². The number of carbonyl (C=O) groups excluding carboxylic acids is 1. The van der Waals surface area contributed by atoms with Crippen LogP contribution in [0.1, 0.15) is 16.2 Å². The molecule has 0 bridgehead atoms. The van der Waals surface area contributed by atoms with Gasteiger partial charge in [0.15, 0.2) is 5.82 Å². The number of likely N-dealkylation sites (N-methyl/N-ethyl adjacent to an activating group) is 1. The summed E-state index contributed by atoms with van der Waals surface area (Å²) in [6.07, 6.45) is 0.936.